The van der Waals surface area contributed by atoms with Crippen LogP contribution in [0.2, 0.25) is 0 Å². The molecule has 0 aromatic heterocycles. The summed E-state index contributed by atoms with van der Waals surface area (Å²) < 4.78 is 0. The molecular weight excluding hydrogens is 134 g/mol. The lowest BCUT2D eigenvalue weighted by Gasteiger charge is -2.12. The third-order valence-corrected chi connectivity index (χ3v) is 1.64. The molecule has 0 spiro atoms. The maximum atomic E-state index is 8.75. The van der Waals surface area contributed by atoms with E-state index in [1.165, 1.54) is 5.57 Å². The summed E-state index contributed by atoms with van der Waals surface area (Å²) in [4.78, 5) is 0. The maximum absolute atomic E-state index is 8.75. The molecule has 0 saturated carbocycles. The van der Waals surface area contributed by atoms with Crippen molar-refractivity contribution >= 4 is 0 Å². The Morgan fingerprint density at radius 2 is 2.18 bits per heavy atom. The fourth-order valence-corrected chi connectivity index (χ4v) is 0.591. The first-order chi connectivity index (χ1) is 5.04. The zero-order valence-electron chi connectivity index (χ0n) is 7.52. The predicted molar refractivity (Wildman–Crippen MR) is 48.0 cm³/mol. The van der Waals surface area contributed by atoms with E-state index < -0.39 is 5.41 Å². The molecule has 1 heteroatoms. The normalized spacial score (nSPS) is 14.4. The maximum Gasteiger partial charge on any atom is 0.0757 e. The van der Waals surface area contributed by atoms with Gasteiger partial charge in [0.2, 0.25) is 0 Å². The van der Waals surface area contributed by atoms with Gasteiger partial charge in [-0.2, -0.15) is 5.26 Å². The van der Waals surface area contributed by atoms with Crippen molar-refractivity contribution in [3.05, 3.63) is 24.3 Å². The van der Waals surface area contributed by atoms with Gasteiger partial charge in [-0.15, -0.1) is 6.58 Å². The fraction of sp³-hybridized carbons (Fsp3) is 0.500. The van der Waals surface area contributed by atoms with Gasteiger partial charge in [-0.1, -0.05) is 17.7 Å². The Labute approximate surface area is 69.0 Å². The van der Waals surface area contributed by atoms with Crippen LogP contribution in [-0.4, -0.2) is 0 Å². The summed E-state index contributed by atoms with van der Waals surface area (Å²) in [5.41, 5.74) is 0.852. The van der Waals surface area contributed by atoms with Crippen LogP contribution >= 0.6 is 0 Å². The topological polar surface area (TPSA) is 23.8 Å². The van der Waals surface area contributed by atoms with Crippen molar-refractivity contribution in [2.75, 3.05) is 0 Å². The lowest BCUT2D eigenvalue weighted by Crippen LogP contribution is -2.07. The monoisotopic (exact) mass is 149 g/mol. The van der Waals surface area contributed by atoms with Crippen LogP contribution in [0.25, 0.3) is 0 Å². The van der Waals surface area contributed by atoms with E-state index in [-0.39, 0.29) is 0 Å². The van der Waals surface area contributed by atoms with E-state index in [4.69, 9.17) is 5.26 Å². The van der Waals surface area contributed by atoms with Gasteiger partial charge in [0.25, 0.3) is 0 Å². The first kappa shape index (κ1) is 9.97. The molecular formula is C10H15N. The Balaban J connectivity index is 4.24. The molecule has 0 bridgehead atoms. The van der Waals surface area contributed by atoms with Gasteiger partial charge in [-0.3, -0.25) is 0 Å². The molecule has 0 fully saturated rings. The number of hydrogen-bond acceptors (Lipinski definition) is 1. The molecule has 0 saturated heterocycles. The van der Waals surface area contributed by atoms with Crippen molar-refractivity contribution in [3.8, 4) is 6.07 Å². The van der Waals surface area contributed by atoms with E-state index in [2.05, 4.69) is 18.7 Å². The van der Waals surface area contributed by atoms with Gasteiger partial charge in [0.1, 0.15) is 0 Å². The molecule has 60 valence electrons. The summed E-state index contributed by atoms with van der Waals surface area (Å²) in [6, 6.07) is 2.22. The molecule has 1 atom stereocenters. The summed E-state index contributed by atoms with van der Waals surface area (Å²) in [5.74, 6) is 0. The number of allylic oxidation sites excluding steroid dienone is 3. The first-order valence-electron chi connectivity index (χ1n) is 3.72. The van der Waals surface area contributed by atoms with Gasteiger partial charge in [-0.05, 0) is 27.2 Å². The largest absolute Gasteiger partial charge is 0.197 e. The zero-order valence-corrected chi connectivity index (χ0v) is 7.52. The summed E-state index contributed by atoms with van der Waals surface area (Å²) in [7, 11) is 0. The second kappa shape index (κ2) is 3.98. The predicted octanol–water partition coefficient (Wildman–Crippen LogP) is 3.06. The van der Waals surface area contributed by atoms with Gasteiger partial charge in [0.15, 0.2) is 0 Å². The van der Waals surface area contributed by atoms with Gasteiger partial charge in [0, 0.05) is 0 Å². The molecule has 0 aromatic rings. The van der Waals surface area contributed by atoms with Crippen molar-refractivity contribution in [3.63, 3.8) is 0 Å². The van der Waals surface area contributed by atoms with E-state index >= 15 is 0 Å². The number of rotatable bonds is 3. The van der Waals surface area contributed by atoms with Gasteiger partial charge in [0.05, 0.1) is 11.5 Å². The SMILES string of the molecule is C=CC(C)(C#N)CC=C(C)C. The standard InChI is InChI=1S/C10H15N/c1-5-10(4,8-11)7-6-9(2)3/h5-6H,1,7H2,2-4H3. The van der Waals surface area contributed by atoms with Crippen molar-refractivity contribution in [1.82, 2.24) is 0 Å². The Kier molecular flexibility index (Phi) is 3.60. The Hall–Kier alpha value is -1.03. The summed E-state index contributed by atoms with van der Waals surface area (Å²) in [5, 5.41) is 8.75. The van der Waals surface area contributed by atoms with Crippen molar-refractivity contribution in [2.24, 2.45) is 5.41 Å². The smallest absolute Gasteiger partial charge is 0.0757 e. The molecule has 0 rings (SSSR count). The van der Waals surface area contributed by atoms with Crippen LogP contribution < -0.4 is 0 Å². The third kappa shape index (κ3) is 3.62. The Bertz CT molecular complexity index is 203. The average molecular weight is 149 g/mol. The Morgan fingerprint density at radius 3 is 2.45 bits per heavy atom. The van der Waals surface area contributed by atoms with Crippen LogP contribution in [0.15, 0.2) is 24.3 Å². The molecule has 0 amide bonds. The van der Waals surface area contributed by atoms with Crippen LogP contribution in [-0.2, 0) is 0 Å². The number of hydrogen-bond donors (Lipinski definition) is 0. The average Bonchev–Trinajstić information content (AvgIpc) is 2.00. The number of nitrogens with zero attached hydrogens (tertiary/aromatic N) is 1. The number of nitriles is 1. The van der Waals surface area contributed by atoms with E-state index in [0.717, 1.165) is 6.42 Å². The molecule has 0 N–H and O–H groups in total. The molecule has 0 aliphatic carbocycles. The van der Waals surface area contributed by atoms with E-state index in [1.807, 2.05) is 20.8 Å². The van der Waals surface area contributed by atoms with E-state index in [1.54, 1.807) is 6.08 Å². The highest BCUT2D eigenvalue weighted by Crippen LogP contribution is 2.22. The minimum absolute atomic E-state index is 0.392. The lowest BCUT2D eigenvalue weighted by atomic mass is 9.88. The quantitative estimate of drug-likeness (QED) is 0.566. The van der Waals surface area contributed by atoms with Crippen molar-refractivity contribution in [1.29, 1.82) is 5.26 Å². The molecule has 0 aliphatic rings. The minimum Gasteiger partial charge on any atom is -0.197 e. The summed E-state index contributed by atoms with van der Waals surface area (Å²) in [6.07, 6.45) is 4.52. The van der Waals surface area contributed by atoms with Crippen LogP contribution in [0.3, 0.4) is 0 Å². The van der Waals surface area contributed by atoms with Gasteiger partial charge < -0.3 is 0 Å². The van der Waals surface area contributed by atoms with Crippen molar-refractivity contribution in [2.45, 2.75) is 27.2 Å². The molecule has 11 heavy (non-hydrogen) atoms. The second-order valence-corrected chi connectivity index (χ2v) is 3.22. The highest BCUT2D eigenvalue weighted by Gasteiger charge is 2.16. The molecule has 1 unspecified atom stereocenters. The van der Waals surface area contributed by atoms with Crippen LogP contribution in [0.1, 0.15) is 27.2 Å². The van der Waals surface area contributed by atoms with Gasteiger partial charge in [-0.25, -0.2) is 0 Å². The molecule has 0 heterocycles. The van der Waals surface area contributed by atoms with Crippen LogP contribution in [0.5, 0.6) is 0 Å². The molecule has 0 aliphatic heterocycles. The zero-order chi connectivity index (χ0) is 8.91. The summed E-state index contributed by atoms with van der Waals surface area (Å²) in [6.45, 7) is 9.58. The fourth-order valence-electron chi connectivity index (χ4n) is 0.591. The van der Waals surface area contributed by atoms with E-state index in [0.29, 0.717) is 0 Å². The Morgan fingerprint density at radius 1 is 1.64 bits per heavy atom. The highest BCUT2D eigenvalue weighted by molar-refractivity contribution is 5.12. The third-order valence-electron chi connectivity index (χ3n) is 1.64. The van der Waals surface area contributed by atoms with Crippen LogP contribution in [0.4, 0.5) is 0 Å². The van der Waals surface area contributed by atoms with Gasteiger partial charge >= 0.3 is 0 Å². The molecule has 0 radical (unpaired) electrons. The highest BCUT2D eigenvalue weighted by atomic mass is 14.3. The lowest BCUT2D eigenvalue weighted by molar-refractivity contribution is 0.578. The van der Waals surface area contributed by atoms with E-state index in [9.17, 15) is 0 Å². The molecule has 1 nitrogen and oxygen atoms in total. The summed E-state index contributed by atoms with van der Waals surface area (Å²) >= 11 is 0. The first-order valence-corrected chi connectivity index (χ1v) is 3.72. The minimum atomic E-state index is -0.392. The molecule has 0 aromatic carbocycles. The second-order valence-electron chi connectivity index (χ2n) is 3.22. The van der Waals surface area contributed by atoms with Crippen LogP contribution in [0, 0.1) is 16.7 Å². The van der Waals surface area contributed by atoms with Crippen molar-refractivity contribution < 1.29 is 0 Å².